The standard InChI is InChI=1S/C16H28O4/c1-12(2)9-10-19-15(17)7-6-8-16(18)20-14(5)11-13(3)4/h9,13-14H,6-8,10-11H2,1-5H3. The van der Waals surface area contributed by atoms with Crippen LogP contribution >= 0.6 is 0 Å². The average molecular weight is 284 g/mol. The van der Waals surface area contributed by atoms with E-state index < -0.39 is 0 Å². The van der Waals surface area contributed by atoms with E-state index in [-0.39, 0.29) is 30.9 Å². The molecule has 0 saturated carbocycles. The Labute approximate surface area is 122 Å². The van der Waals surface area contributed by atoms with Crippen molar-refractivity contribution in [1.82, 2.24) is 0 Å². The molecule has 20 heavy (non-hydrogen) atoms. The molecule has 0 heterocycles. The number of carbonyl (C=O) groups excluding carboxylic acids is 2. The van der Waals surface area contributed by atoms with E-state index in [1.807, 2.05) is 26.8 Å². The molecule has 1 atom stereocenters. The first-order chi connectivity index (χ1) is 9.31. The summed E-state index contributed by atoms with van der Waals surface area (Å²) in [6, 6.07) is 0. The smallest absolute Gasteiger partial charge is 0.306 e. The van der Waals surface area contributed by atoms with Gasteiger partial charge in [0.15, 0.2) is 0 Å². The number of hydrogen-bond donors (Lipinski definition) is 0. The zero-order valence-electron chi connectivity index (χ0n) is 13.4. The maximum Gasteiger partial charge on any atom is 0.306 e. The second-order valence-electron chi connectivity index (χ2n) is 5.75. The molecular formula is C16H28O4. The zero-order chi connectivity index (χ0) is 15.5. The normalized spacial score (nSPS) is 11.9. The lowest BCUT2D eigenvalue weighted by molar-refractivity contribution is -0.149. The van der Waals surface area contributed by atoms with Crippen molar-refractivity contribution < 1.29 is 19.1 Å². The third-order valence-electron chi connectivity index (χ3n) is 2.63. The zero-order valence-corrected chi connectivity index (χ0v) is 13.4. The van der Waals surface area contributed by atoms with Crippen LogP contribution in [0.4, 0.5) is 0 Å². The van der Waals surface area contributed by atoms with Crippen molar-refractivity contribution in [2.45, 2.75) is 66.4 Å². The molecule has 0 aliphatic heterocycles. The van der Waals surface area contributed by atoms with Gasteiger partial charge in [0.25, 0.3) is 0 Å². The summed E-state index contributed by atoms with van der Waals surface area (Å²) in [6.45, 7) is 10.3. The summed E-state index contributed by atoms with van der Waals surface area (Å²) in [7, 11) is 0. The summed E-state index contributed by atoms with van der Waals surface area (Å²) < 4.78 is 10.3. The SMILES string of the molecule is CC(C)=CCOC(=O)CCCC(=O)OC(C)CC(C)C. The van der Waals surface area contributed by atoms with E-state index in [2.05, 4.69) is 13.8 Å². The lowest BCUT2D eigenvalue weighted by atomic mass is 10.1. The summed E-state index contributed by atoms with van der Waals surface area (Å²) in [4.78, 5) is 22.9. The molecule has 0 aromatic heterocycles. The number of allylic oxidation sites excluding steroid dienone is 1. The first-order valence-electron chi connectivity index (χ1n) is 7.29. The topological polar surface area (TPSA) is 52.6 Å². The fourth-order valence-electron chi connectivity index (χ4n) is 1.75. The van der Waals surface area contributed by atoms with Crippen molar-refractivity contribution in [2.24, 2.45) is 5.92 Å². The molecular weight excluding hydrogens is 256 g/mol. The summed E-state index contributed by atoms with van der Waals surface area (Å²) in [6.07, 6.45) is 3.63. The summed E-state index contributed by atoms with van der Waals surface area (Å²) in [5, 5.41) is 0. The summed E-state index contributed by atoms with van der Waals surface area (Å²) >= 11 is 0. The van der Waals surface area contributed by atoms with Gasteiger partial charge < -0.3 is 9.47 Å². The van der Waals surface area contributed by atoms with Gasteiger partial charge in [0.2, 0.25) is 0 Å². The van der Waals surface area contributed by atoms with E-state index in [1.165, 1.54) is 0 Å². The fraction of sp³-hybridized carbons (Fsp3) is 0.750. The van der Waals surface area contributed by atoms with Crippen molar-refractivity contribution in [1.29, 1.82) is 0 Å². The molecule has 0 fully saturated rings. The van der Waals surface area contributed by atoms with Crippen LogP contribution in [0.1, 0.15) is 60.3 Å². The van der Waals surface area contributed by atoms with Gasteiger partial charge in [-0.25, -0.2) is 0 Å². The van der Waals surface area contributed by atoms with Crippen molar-refractivity contribution in [3.05, 3.63) is 11.6 Å². The van der Waals surface area contributed by atoms with Crippen molar-refractivity contribution in [3.63, 3.8) is 0 Å². The number of hydrogen-bond acceptors (Lipinski definition) is 4. The Kier molecular flexibility index (Phi) is 9.77. The van der Waals surface area contributed by atoms with Crippen LogP contribution in [0, 0.1) is 5.92 Å². The maximum atomic E-state index is 11.5. The molecule has 0 spiro atoms. The molecule has 0 aromatic carbocycles. The van der Waals surface area contributed by atoms with E-state index in [0.29, 0.717) is 18.9 Å². The van der Waals surface area contributed by atoms with Gasteiger partial charge >= 0.3 is 11.9 Å². The molecule has 0 N–H and O–H groups in total. The largest absolute Gasteiger partial charge is 0.463 e. The molecule has 0 radical (unpaired) electrons. The Hall–Kier alpha value is -1.32. The first-order valence-corrected chi connectivity index (χ1v) is 7.29. The van der Waals surface area contributed by atoms with E-state index >= 15 is 0 Å². The lowest BCUT2D eigenvalue weighted by Gasteiger charge is -2.14. The third kappa shape index (κ3) is 11.8. The van der Waals surface area contributed by atoms with Gasteiger partial charge in [-0.1, -0.05) is 19.4 Å². The second kappa shape index (κ2) is 10.5. The highest BCUT2D eigenvalue weighted by Gasteiger charge is 2.12. The van der Waals surface area contributed by atoms with Crippen LogP contribution in [-0.2, 0) is 19.1 Å². The van der Waals surface area contributed by atoms with Gasteiger partial charge in [0.05, 0.1) is 6.10 Å². The van der Waals surface area contributed by atoms with Gasteiger partial charge in [-0.3, -0.25) is 9.59 Å². The highest BCUT2D eigenvalue weighted by molar-refractivity contribution is 5.72. The van der Waals surface area contributed by atoms with Gasteiger partial charge in [-0.2, -0.15) is 0 Å². The predicted octanol–water partition coefficient (Wildman–Crippen LogP) is 3.64. The van der Waals surface area contributed by atoms with E-state index in [1.54, 1.807) is 0 Å². The Morgan fingerprint density at radius 1 is 1.05 bits per heavy atom. The molecule has 0 amide bonds. The average Bonchev–Trinajstić information content (AvgIpc) is 2.26. The molecule has 0 aliphatic rings. The number of esters is 2. The van der Waals surface area contributed by atoms with Crippen molar-refractivity contribution in [3.8, 4) is 0 Å². The Morgan fingerprint density at radius 3 is 2.20 bits per heavy atom. The van der Waals surface area contributed by atoms with Crippen LogP contribution in [0.15, 0.2) is 11.6 Å². The summed E-state index contributed by atoms with van der Waals surface area (Å²) in [5.41, 5.74) is 1.11. The number of carbonyl (C=O) groups is 2. The van der Waals surface area contributed by atoms with E-state index in [9.17, 15) is 9.59 Å². The molecule has 4 heteroatoms. The number of ether oxygens (including phenoxy) is 2. The molecule has 0 bridgehead atoms. The Bertz CT molecular complexity index is 327. The molecule has 116 valence electrons. The van der Waals surface area contributed by atoms with E-state index in [4.69, 9.17) is 9.47 Å². The monoisotopic (exact) mass is 284 g/mol. The third-order valence-corrected chi connectivity index (χ3v) is 2.63. The maximum absolute atomic E-state index is 11.5. The minimum atomic E-state index is -0.273. The van der Waals surface area contributed by atoms with Crippen LogP contribution in [0.5, 0.6) is 0 Å². The van der Waals surface area contributed by atoms with Crippen LogP contribution in [0.3, 0.4) is 0 Å². The van der Waals surface area contributed by atoms with Crippen molar-refractivity contribution in [2.75, 3.05) is 6.61 Å². The predicted molar refractivity (Wildman–Crippen MR) is 79.3 cm³/mol. The molecule has 0 aromatic rings. The highest BCUT2D eigenvalue weighted by Crippen LogP contribution is 2.09. The lowest BCUT2D eigenvalue weighted by Crippen LogP contribution is -2.17. The molecule has 1 unspecified atom stereocenters. The fourth-order valence-corrected chi connectivity index (χ4v) is 1.75. The van der Waals surface area contributed by atoms with Gasteiger partial charge in [-0.05, 0) is 45.6 Å². The van der Waals surface area contributed by atoms with Gasteiger partial charge in [0.1, 0.15) is 6.61 Å². The van der Waals surface area contributed by atoms with Gasteiger partial charge in [-0.15, -0.1) is 0 Å². The Balaban J connectivity index is 3.70. The molecule has 0 rings (SSSR count). The molecule has 4 nitrogen and oxygen atoms in total. The first kappa shape index (κ1) is 18.7. The number of rotatable bonds is 9. The van der Waals surface area contributed by atoms with Crippen LogP contribution in [0.2, 0.25) is 0 Å². The summed E-state index contributed by atoms with van der Waals surface area (Å²) in [5.74, 6) is -0.0105. The minimum Gasteiger partial charge on any atom is -0.463 e. The van der Waals surface area contributed by atoms with Crippen LogP contribution in [0.25, 0.3) is 0 Å². The Morgan fingerprint density at radius 2 is 1.65 bits per heavy atom. The molecule has 0 saturated heterocycles. The van der Waals surface area contributed by atoms with Gasteiger partial charge in [0, 0.05) is 12.8 Å². The molecule has 0 aliphatic carbocycles. The van der Waals surface area contributed by atoms with Crippen LogP contribution < -0.4 is 0 Å². The van der Waals surface area contributed by atoms with E-state index in [0.717, 1.165) is 12.0 Å². The van der Waals surface area contributed by atoms with Crippen molar-refractivity contribution >= 4 is 11.9 Å². The second-order valence-corrected chi connectivity index (χ2v) is 5.75. The minimum absolute atomic E-state index is 0.0629. The van der Waals surface area contributed by atoms with Crippen LogP contribution in [-0.4, -0.2) is 24.6 Å². The highest BCUT2D eigenvalue weighted by atomic mass is 16.5. The quantitative estimate of drug-likeness (QED) is 0.479.